The summed E-state index contributed by atoms with van der Waals surface area (Å²) in [6, 6.07) is 73.5. The van der Waals surface area contributed by atoms with Crippen molar-refractivity contribution < 1.29 is 0 Å². The zero-order chi connectivity index (χ0) is 35.8. The first-order valence-electron chi connectivity index (χ1n) is 18.4. The van der Waals surface area contributed by atoms with Crippen LogP contribution in [0, 0.1) is 0 Å². The van der Waals surface area contributed by atoms with E-state index in [-0.39, 0.29) is 0 Å². The summed E-state index contributed by atoms with van der Waals surface area (Å²) in [6.45, 7) is 0. The van der Waals surface area contributed by atoms with Crippen molar-refractivity contribution in [3.63, 3.8) is 0 Å². The van der Waals surface area contributed by atoms with Crippen LogP contribution < -0.4 is 0 Å². The maximum atomic E-state index is 5.11. The lowest BCUT2D eigenvalue weighted by atomic mass is 9.89. The first kappa shape index (κ1) is 31.6. The quantitative estimate of drug-likeness (QED) is 0.163. The van der Waals surface area contributed by atoms with Gasteiger partial charge >= 0.3 is 0 Å². The van der Waals surface area contributed by atoms with Crippen molar-refractivity contribution in [2.75, 3.05) is 0 Å². The van der Waals surface area contributed by atoms with Crippen molar-refractivity contribution in [1.29, 1.82) is 0 Å². The van der Waals surface area contributed by atoms with Gasteiger partial charge in [0.05, 0.1) is 11.4 Å². The van der Waals surface area contributed by atoms with Gasteiger partial charge in [-0.1, -0.05) is 176 Å². The largest absolute Gasteiger partial charge is 0.228 e. The lowest BCUT2D eigenvalue weighted by Gasteiger charge is -2.15. The minimum atomic E-state index is 0.705. The Bertz CT molecular complexity index is 2820. The minimum Gasteiger partial charge on any atom is -0.228 e. The van der Waals surface area contributed by atoms with Gasteiger partial charge in [0, 0.05) is 16.7 Å². The lowest BCUT2D eigenvalue weighted by molar-refractivity contribution is 1.18. The molecule has 2 heteroatoms. The Hall–Kier alpha value is -7.16. The number of nitrogens with zero attached hydrogens (tertiary/aromatic N) is 2. The first-order chi connectivity index (χ1) is 26.7. The van der Waals surface area contributed by atoms with Crippen LogP contribution in [0.1, 0.15) is 0 Å². The van der Waals surface area contributed by atoms with Gasteiger partial charge in [-0.05, 0) is 96.0 Å². The van der Waals surface area contributed by atoms with Gasteiger partial charge in [0.15, 0.2) is 5.82 Å². The summed E-state index contributed by atoms with van der Waals surface area (Å²) in [5.74, 6) is 0.705. The van der Waals surface area contributed by atoms with Crippen LogP contribution in [0.25, 0.3) is 99.6 Å². The Morgan fingerprint density at radius 3 is 0.963 bits per heavy atom. The molecule has 1 aromatic heterocycles. The van der Waals surface area contributed by atoms with Gasteiger partial charge in [0.25, 0.3) is 0 Å². The van der Waals surface area contributed by atoms with Crippen molar-refractivity contribution in [3.8, 4) is 67.3 Å². The number of hydrogen-bond donors (Lipinski definition) is 0. The number of hydrogen-bond acceptors (Lipinski definition) is 2. The Balaban J connectivity index is 1.15. The maximum absolute atomic E-state index is 5.11. The van der Waals surface area contributed by atoms with Crippen molar-refractivity contribution in [2.24, 2.45) is 0 Å². The fraction of sp³-hybridized carbons (Fsp3) is 0. The highest BCUT2D eigenvalue weighted by Gasteiger charge is 2.15. The third-order valence-electron chi connectivity index (χ3n) is 10.5. The third kappa shape index (κ3) is 5.81. The highest BCUT2D eigenvalue weighted by atomic mass is 14.9. The predicted octanol–water partition coefficient (Wildman–Crippen LogP) is 13.9. The summed E-state index contributed by atoms with van der Waals surface area (Å²) in [4.78, 5) is 10.2. The second-order valence-corrected chi connectivity index (χ2v) is 13.8. The molecule has 252 valence electrons. The topological polar surface area (TPSA) is 25.8 Å². The Kier molecular flexibility index (Phi) is 7.85. The molecule has 10 aromatic rings. The summed E-state index contributed by atoms with van der Waals surface area (Å²) >= 11 is 0. The molecule has 0 spiro atoms. The third-order valence-corrected chi connectivity index (χ3v) is 10.5. The van der Waals surface area contributed by atoms with Crippen LogP contribution in [-0.2, 0) is 0 Å². The molecule has 0 aliphatic rings. The second kappa shape index (κ2) is 13.4. The molecule has 0 bridgehead atoms. The van der Waals surface area contributed by atoms with Gasteiger partial charge in [-0.15, -0.1) is 0 Å². The predicted molar refractivity (Wildman–Crippen MR) is 227 cm³/mol. The summed E-state index contributed by atoms with van der Waals surface area (Å²) in [5, 5.41) is 7.49. The average molecular weight is 687 g/mol. The standard InChI is InChI=1S/C52H34N2/c1-5-14-35(15-6-1)40-24-27-44-47-31-41(36-16-7-2-8-17-36)25-28-45(47)49-33-42(26-29-46(49)48(44)32-40)39-22-13-23-43(30-39)52-53-50(37-18-9-3-10-19-37)34-51(54-52)38-20-11-4-12-21-38/h1-34H. The molecule has 1 heterocycles. The van der Waals surface area contributed by atoms with Crippen LogP contribution >= 0.6 is 0 Å². The highest BCUT2D eigenvalue weighted by Crippen LogP contribution is 2.41. The van der Waals surface area contributed by atoms with E-state index in [0.717, 1.165) is 39.2 Å². The van der Waals surface area contributed by atoms with E-state index < -0.39 is 0 Å². The minimum absolute atomic E-state index is 0.705. The smallest absolute Gasteiger partial charge is 0.160 e. The molecule has 10 rings (SSSR count). The van der Waals surface area contributed by atoms with Crippen LogP contribution in [0.2, 0.25) is 0 Å². The first-order valence-corrected chi connectivity index (χ1v) is 18.4. The van der Waals surface area contributed by atoms with Crippen LogP contribution in [0.5, 0.6) is 0 Å². The highest BCUT2D eigenvalue weighted by molar-refractivity contribution is 6.26. The van der Waals surface area contributed by atoms with Crippen LogP contribution in [0.4, 0.5) is 0 Å². The molecule has 0 radical (unpaired) electrons. The van der Waals surface area contributed by atoms with E-state index in [4.69, 9.17) is 9.97 Å². The molecule has 54 heavy (non-hydrogen) atoms. The fourth-order valence-corrected chi connectivity index (χ4v) is 7.73. The normalized spacial score (nSPS) is 11.3. The summed E-state index contributed by atoms with van der Waals surface area (Å²) in [7, 11) is 0. The number of rotatable bonds is 6. The lowest BCUT2D eigenvalue weighted by Crippen LogP contribution is -1.96. The maximum Gasteiger partial charge on any atom is 0.160 e. The van der Waals surface area contributed by atoms with E-state index in [1.165, 1.54) is 54.6 Å². The van der Waals surface area contributed by atoms with Gasteiger partial charge < -0.3 is 0 Å². The summed E-state index contributed by atoms with van der Waals surface area (Å²) in [6.07, 6.45) is 0. The number of benzene rings is 9. The Morgan fingerprint density at radius 1 is 0.204 bits per heavy atom. The number of aromatic nitrogens is 2. The van der Waals surface area contributed by atoms with E-state index >= 15 is 0 Å². The zero-order valence-electron chi connectivity index (χ0n) is 29.5. The molecule has 0 amide bonds. The Labute approximate surface area is 314 Å². The van der Waals surface area contributed by atoms with Gasteiger partial charge in [0.2, 0.25) is 0 Å². The molecular formula is C52H34N2. The van der Waals surface area contributed by atoms with Gasteiger partial charge in [-0.25, -0.2) is 9.97 Å². The monoisotopic (exact) mass is 686 g/mol. The SMILES string of the molecule is c1ccc(-c2ccc3c(c2)c2ccc(-c4cccc(-c5nc(-c6ccccc6)cc(-c6ccccc6)n5)c4)cc2c2ccc(-c4ccccc4)cc32)cc1. The molecule has 0 saturated heterocycles. The molecule has 0 aliphatic heterocycles. The molecular weight excluding hydrogens is 653 g/mol. The Morgan fingerprint density at radius 2 is 0.537 bits per heavy atom. The zero-order valence-corrected chi connectivity index (χ0v) is 29.5. The molecule has 2 nitrogen and oxygen atoms in total. The summed E-state index contributed by atoms with van der Waals surface area (Å²) in [5.41, 5.74) is 12.0. The second-order valence-electron chi connectivity index (χ2n) is 13.8. The van der Waals surface area contributed by atoms with Crippen LogP contribution in [-0.4, -0.2) is 9.97 Å². The van der Waals surface area contributed by atoms with E-state index in [1.807, 2.05) is 12.1 Å². The van der Waals surface area contributed by atoms with Crippen molar-refractivity contribution in [2.45, 2.75) is 0 Å². The van der Waals surface area contributed by atoms with Crippen molar-refractivity contribution >= 4 is 32.3 Å². The van der Waals surface area contributed by atoms with Gasteiger partial charge in [0.1, 0.15) is 0 Å². The van der Waals surface area contributed by atoms with Crippen LogP contribution in [0.3, 0.4) is 0 Å². The average Bonchev–Trinajstić information content (AvgIpc) is 3.27. The van der Waals surface area contributed by atoms with Crippen molar-refractivity contribution in [1.82, 2.24) is 9.97 Å². The van der Waals surface area contributed by atoms with E-state index in [1.54, 1.807) is 0 Å². The molecule has 0 atom stereocenters. The summed E-state index contributed by atoms with van der Waals surface area (Å²) < 4.78 is 0. The van der Waals surface area contributed by atoms with Crippen molar-refractivity contribution in [3.05, 3.63) is 206 Å². The van der Waals surface area contributed by atoms with E-state index in [2.05, 4.69) is 194 Å². The molecule has 0 saturated carbocycles. The van der Waals surface area contributed by atoms with Gasteiger partial charge in [-0.2, -0.15) is 0 Å². The van der Waals surface area contributed by atoms with Crippen LogP contribution in [0.15, 0.2) is 206 Å². The fourth-order valence-electron chi connectivity index (χ4n) is 7.73. The molecule has 9 aromatic carbocycles. The number of fused-ring (bicyclic) bond motifs is 6. The molecule has 0 N–H and O–H groups in total. The molecule has 0 fully saturated rings. The molecule has 0 aliphatic carbocycles. The van der Waals surface area contributed by atoms with E-state index in [9.17, 15) is 0 Å². The molecule has 0 unspecified atom stereocenters. The van der Waals surface area contributed by atoms with Gasteiger partial charge in [-0.3, -0.25) is 0 Å². The van der Waals surface area contributed by atoms with E-state index in [0.29, 0.717) is 5.82 Å².